The molecule has 2 heterocycles. The first kappa shape index (κ1) is 35.7. The standard InChI is InChI=1S/C37H49ClN4O6S/c1-25-7-6-9-33(47-3)31-14-11-29(31)22-42-21-28-10-13-30(38)19-26(28)8-4-5-18-48-34-15-12-27(20-32(34)42)35(43)40-49(45,23-25)41-36(44)39-37(16-17-37)24-46-2/h6,9-10,12-13,15,19-20,25,29,31,33H,4-5,7-8,11,14,16-18,21-24H2,1-3H3,(H2,39,40,41,43,44,45)/b9-6+/t25-,29-,31+,33-,49?/m0/s1. The number of aryl methyl sites for hydroxylation is 1. The molecule has 2 aliphatic heterocycles. The van der Waals surface area contributed by atoms with Gasteiger partial charge < -0.3 is 24.4 Å². The first-order valence-electron chi connectivity index (χ1n) is 17.5. The zero-order valence-electron chi connectivity index (χ0n) is 28.8. The lowest BCUT2D eigenvalue weighted by atomic mass is 9.70. The van der Waals surface area contributed by atoms with Gasteiger partial charge in [-0.2, -0.15) is 0 Å². The Hall–Kier alpha value is -3.12. The summed E-state index contributed by atoms with van der Waals surface area (Å²) >= 11 is 6.46. The topological polar surface area (TPSA) is 119 Å². The van der Waals surface area contributed by atoms with Gasteiger partial charge in [-0.3, -0.25) is 9.52 Å². The molecular weight excluding hydrogens is 664 g/mol. The molecule has 2 aliphatic carbocycles. The first-order chi connectivity index (χ1) is 23.6. The summed E-state index contributed by atoms with van der Waals surface area (Å²) in [4.78, 5) is 29.4. The number of nitrogens with one attached hydrogen (secondary N) is 2. The van der Waals surface area contributed by atoms with E-state index in [2.05, 4.69) is 43.6 Å². The highest BCUT2D eigenvalue weighted by molar-refractivity contribution is 7.92. The van der Waals surface area contributed by atoms with Crippen LogP contribution in [-0.2, 0) is 32.4 Å². The van der Waals surface area contributed by atoms with E-state index in [1.54, 1.807) is 20.3 Å². The van der Waals surface area contributed by atoms with E-state index in [0.29, 0.717) is 48.8 Å². The van der Waals surface area contributed by atoms with Crippen LogP contribution in [-0.4, -0.2) is 67.5 Å². The van der Waals surface area contributed by atoms with Crippen LogP contribution in [0.1, 0.15) is 73.4 Å². The minimum atomic E-state index is -3.51. The number of rotatable bonds is 5. The summed E-state index contributed by atoms with van der Waals surface area (Å²) < 4.78 is 39.0. The number of nitrogens with zero attached hydrogens (tertiary/aromatic N) is 2. The molecule has 12 heteroatoms. The lowest BCUT2D eigenvalue weighted by Crippen LogP contribution is -2.48. The van der Waals surface area contributed by atoms with E-state index in [0.717, 1.165) is 57.2 Å². The molecule has 0 spiro atoms. The van der Waals surface area contributed by atoms with Crippen LogP contribution in [0.3, 0.4) is 0 Å². The zero-order valence-corrected chi connectivity index (χ0v) is 30.3. The van der Waals surface area contributed by atoms with Crippen molar-refractivity contribution in [2.24, 2.45) is 22.1 Å². The number of halogens is 1. The van der Waals surface area contributed by atoms with Gasteiger partial charge in [-0.05, 0) is 111 Å². The number of amides is 3. The Balaban J connectivity index is 1.41. The third kappa shape index (κ3) is 8.79. The maximum absolute atomic E-state index is 14.4. The van der Waals surface area contributed by atoms with Gasteiger partial charge >= 0.3 is 6.03 Å². The highest BCUT2D eigenvalue weighted by Crippen LogP contribution is 2.42. The molecule has 10 nitrogen and oxygen atoms in total. The SMILES string of the molecule is COCC1(NC(=O)NS2(=O)=NC(=O)c3ccc4c(c3)N(Cc3ccc(Cl)cc3CCCCO4)C[C@@H]3CC[C@H]3[C@@H](OC)/C=C/C[C@H](C)C2)CC1. The number of benzene rings is 2. The van der Waals surface area contributed by atoms with E-state index in [1.165, 1.54) is 11.1 Å². The highest BCUT2D eigenvalue weighted by atomic mass is 35.5. The average Bonchev–Trinajstić information content (AvgIpc) is 3.80. The number of fused-ring (bicyclic) bond motifs is 3. The minimum absolute atomic E-state index is 0.0109. The Morgan fingerprint density at radius 3 is 2.71 bits per heavy atom. The molecule has 49 heavy (non-hydrogen) atoms. The van der Waals surface area contributed by atoms with Crippen LogP contribution in [0.4, 0.5) is 10.5 Å². The van der Waals surface area contributed by atoms with Crippen LogP contribution >= 0.6 is 11.6 Å². The third-order valence-corrected chi connectivity index (χ3v) is 12.5. The molecule has 266 valence electrons. The van der Waals surface area contributed by atoms with Gasteiger partial charge in [-0.25, -0.2) is 9.00 Å². The predicted octanol–water partition coefficient (Wildman–Crippen LogP) is 6.70. The largest absolute Gasteiger partial charge is 0.491 e. The molecule has 2 N–H and O–H groups in total. The number of ether oxygens (including phenoxy) is 3. The molecule has 4 aliphatic rings. The molecule has 2 aromatic rings. The summed E-state index contributed by atoms with van der Waals surface area (Å²) in [5.74, 6) is 0.607. The minimum Gasteiger partial charge on any atom is -0.491 e. The van der Waals surface area contributed by atoms with Gasteiger partial charge in [-0.1, -0.05) is 36.7 Å². The van der Waals surface area contributed by atoms with Crippen molar-refractivity contribution in [1.29, 1.82) is 0 Å². The van der Waals surface area contributed by atoms with E-state index < -0.39 is 27.4 Å². The molecule has 0 saturated heterocycles. The lowest BCUT2D eigenvalue weighted by molar-refractivity contribution is 0.0133. The fraction of sp³-hybridized carbons (Fsp3) is 0.568. The molecule has 2 bridgehead atoms. The van der Waals surface area contributed by atoms with Crippen molar-refractivity contribution in [2.75, 3.05) is 44.6 Å². The van der Waals surface area contributed by atoms with Crippen molar-refractivity contribution >= 4 is 39.1 Å². The van der Waals surface area contributed by atoms with Crippen LogP contribution < -0.4 is 19.7 Å². The molecule has 0 aromatic heterocycles. The molecule has 0 radical (unpaired) electrons. The Morgan fingerprint density at radius 2 is 1.98 bits per heavy atom. The number of allylic oxidation sites excluding steroid dienone is 1. The normalized spacial score (nSPS) is 29.0. The Bertz CT molecular complexity index is 1690. The summed E-state index contributed by atoms with van der Waals surface area (Å²) in [7, 11) is -0.172. The van der Waals surface area contributed by atoms with E-state index >= 15 is 0 Å². The van der Waals surface area contributed by atoms with Crippen molar-refractivity contribution in [3.8, 4) is 5.75 Å². The summed E-state index contributed by atoms with van der Waals surface area (Å²) in [5, 5.41) is 3.62. The van der Waals surface area contributed by atoms with Crippen LogP contribution in [0.15, 0.2) is 52.9 Å². The number of carbonyl (C=O) groups excluding carboxylic acids is 2. The molecule has 3 amide bonds. The second-order valence-corrected chi connectivity index (χ2v) is 16.7. The van der Waals surface area contributed by atoms with Crippen molar-refractivity contribution in [3.05, 3.63) is 70.3 Å². The number of methoxy groups -OCH3 is 2. The van der Waals surface area contributed by atoms with Gasteiger partial charge in [0.1, 0.15) is 15.7 Å². The van der Waals surface area contributed by atoms with Gasteiger partial charge in [0.05, 0.1) is 36.3 Å². The second-order valence-electron chi connectivity index (χ2n) is 14.2. The molecule has 5 atom stereocenters. The van der Waals surface area contributed by atoms with Crippen LogP contribution in [0.2, 0.25) is 5.02 Å². The molecule has 2 aromatic carbocycles. The van der Waals surface area contributed by atoms with Crippen LogP contribution in [0, 0.1) is 17.8 Å². The fourth-order valence-electron chi connectivity index (χ4n) is 7.32. The molecule has 2 fully saturated rings. The predicted molar refractivity (Wildman–Crippen MR) is 193 cm³/mol. The van der Waals surface area contributed by atoms with E-state index in [4.69, 9.17) is 25.8 Å². The molecule has 6 rings (SSSR count). The Labute approximate surface area is 295 Å². The van der Waals surface area contributed by atoms with Crippen LogP contribution in [0.25, 0.3) is 0 Å². The number of anilines is 1. The summed E-state index contributed by atoms with van der Waals surface area (Å²) in [5.41, 5.74) is 2.98. The molecule has 2 saturated carbocycles. The smallest absolute Gasteiger partial charge is 0.327 e. The number of hydrogen-bond acceptors (Lipinski definition) is 7. The van der Waals surface area contributed by atoms with Gasteiger partial charge in [0.25, 0.3) is 5.91 Å². The quantitative estimate of drug-likeness (QED) is 0.331. The maximum atomic E-state index is 14.4. The number of carbonyl (C=O) groups is 2. The average molecular weight is 713 g/mol. The van der Waals surface area contributed by atoms with Gasteiger partial charge in [0.2, 0.25) is 0 Å². The summed E-state index contributed by atoms with van der Waals surface area (Å²) in [6.07, 6.45) is 11.1. The van der Waals surface area contributed by atoms with Gasteiger partial charge in [0, 0.05) is 37.9 Å². The monoisotopic (exact) mass is 712 g/mol. The van der Waals surface area contributed by atoms with Crippen LogP contribution in [0.5, 0.6) is 5.75 Å². The fourth-order valence-corrected chi connectivity index (χ4v) is 9.34. The summed E-state index contributed by atoms with van der Waals surface area (Å²) in [6.45, 7) is 4.18. The number of hydrogen-bond donors (Lipinski definition) is 2. The molecular formula is C37H49ClN4O6S. The van der Waals surface area contributed by atoms with Gasteiger partial charge in [0.15, 0.2) is 0 Å². The van der Waals surface area contributed by atoms with Crippen molar-refractivity contribution in [1.82, 2.24) is 10.0 Å². The van der Waals surface area contributed by atoms with Gasteiger partial charge in [-0.15, -0.1) is 4.36 Å². The second kappa shape index (κ2) is 15.4. The van der Waals surface area contributed by atoms with Crippen molar-refractivity contribution in [2.45, 2.75) is 76.5 Å². The Morgan fingerprint density at radius 1 is 1.14 bits per heavy atom. The van der Waals surface area contributed by atoms with E-state index in [-0.39, 0.29) is 23.3 Å². The van der Waals surface area contributed by atoms with Crippen molar-refractivity contribution in [3.63, 3.8) is 0 Å². The Kier molecular flexibility index (Phi) is 11.2. The van der Waals surface area contributed by atoms with E-state index in [9.17, 15) is 13.8 Å². The highest BCUT2D eigenvalue weighted by Gasteiger charge is 2.44. The number of urea groups is 1. The first-order valence-corrected chi connectivity index (χ1v) is 19.5. The zero-order chi connectivity index (χ0) is 34.6. The van der Waals surface area contributed by atoms with E-state index in [1.807, 2.05) is 25.1 Å². The van der Waals surface area contributed by atoms with Crippen molar-refractivity contribution < 1.29 is 28.0 Å². The third-order valence-electron chi connectivity index (χ3n) is 10.3. The maximum Gasteiger partial charge on any atom is 0.327 e. The summed E-state index contributed by atoms with van der Waals surface area (Å²) in [6, 6.07) is 10.8. The molecule has 1 unspecified atom stereocenters. The lowest BCUT2D eigenvalue weighted by Gasteiger charge is -2.43.